The predicted molar refractivity (Wildman–Crippen MR) is 98.3 cm³/mol. The molecule has 1 aliphatic heterocycles. The van der Waals surface area contributed by atoms with Crippen molar-refractivity contribution in [2.24, 2.45) is 11.3 Å². The van der Waals surface area contributed by atoms with Gasteiger partial charge in [-0.25, -0.2) is 4.98 Å². The highest BCUT2D eigenvalue weighted by molar-refractivity contribution is 5.85. The highest BCUT2D eigenvalue weighted by atomic mass is 35.5. The van der Waals surface area contributed by atoms with E-state index >= 15 is 0 Å². The average molecular weight is 362 g/mol. The second kappa shape index (κ2) is 7.58. The van der Waals surface area contributed by atoms with Gasteiger partial charge in [-0.05, 0) is 25.3 Å². The third-order valence-electron chi connectivity index (χ3n) is 5.58. The molecule has 2 atom stereocenters. The number of carbonyl (C=O) groups excluding carboxylic acids is 1. The van der Waals surface area contributed by atoms with Crippen molar-refractivity contribution in [3.63, 3.8) is 0 Å². The third-order valence-corrected chi connectivity index (χ3v) is 5.58. The lowest BCUT2D eigenvalue weighted by atomic mass is 9.67. The van der Waals surface area contributed by atoms with E-state index in [2.05, 4.69) is 15.6 Å². The van der Waals surface area contributed by atoms with Crippen LogP contribution in [-0.2, 0) is 11.3 Å². The molecule has 2 aliphatic rings. The van der Waals surface area contributed by atoms with Gasteiger partial charge in [-0.1, -0.05) is 43.2 Å². The van der Waals surface area contributed by atoms with Gasteiger partial charge >= 0.3 is 0 Å². The van der Waals surface area contributed by atoms with Gasteiger partial charge in [0.1, 0.15) is 5.69 Å². The van der Waals surface area contributed by atoms with Crippen molar-refractivity contribution < 1.29 is 9.21 Å². The summed E-state index contributed by atoms with van der Waals surface area (Å²) in [6, 6.07) is 9.88. The van der Waals surface area contributed by atoms with Crippen molar-refractivity contribution in [1.29, 1.82) is 0 Å². The van der Waals surface area contributed by atoms with E-state index in [0.29, 0.717) is 12.5 Å². The number of amides is 1. The van der Waals surface area contributed by atoms with Crippen molar-refractivity contribution in [2.45, 2.75) is 32.2 Å². The maximum Gasteiger partial charge on any atom is 0.228 e. The summed E-state index contributed by atoms with van der Waals surface area (Å²) >= 11 is 0. The van der Waals surface area contributed by atoms with Crippen molar-refractivity contribution in [3.05, 3.63) is 42.4 Å². The van der Waals surface area contributed by atoms with Crippen LogP contribution in [0.25, 0.3) is 11.3 Å². The molecule has 1 aromatic heterocycles. The highest BCUT2D eigenvalue weighted by Crippen LogP contribution is 2.44. The normalized spacial score (nSPS) is 25.0. The first kappa shape index (κ1) is 18.0. The number of hydrogen-bond acceptors (Lipinski definition) is 4. The molecule has 2 N–H and O–H groups in total. The van der Waals surface area contributed by atoms with Gasteiger partial charge < -0.3 is 15.1 Å². The summed E-state index contributed by atoms with van der Waals surface area (Å²) in [4.78, 5) is 17.2. The third kappa shape index (κ3) is 3.31. The molecule has 1 amide bonds. The molecular weight excluding hydrogens is 338 g/mol. The predicted octanol–water partition coefficient (Wildman–Crippen LogP) is 3.16. The second-order valence-corrected chi connectivity index (χ2v) is 6.91. The van der Waals surface area contributed by atoms with Crippen LogP contribution < -0.4 is 10.6 Å². The van der Waals surface area contributed by atoms with Crippen molar-refractivity contribution in [1.82, 2.24) is 15.6 Å². The van der Waals surface area contributed by atoms with E-state index in [1.807, 2.05) is 30.3 Å². The minimum absolute atomic E-state index is 0. The first-order valence-corrected chi connectivity index (χ1v) is 8.76. The van der Waals surface area contributed by atoms with Crippen LogP contribution in [0.1, 0.15) is 31.4 Å². The maximum absolute atomic E-state index is 12.9. The van der Waals surface area contributed by atoms with Gasteiger partial charge in [0.2, 0.25) is 5.91 Å². The fourth-order valence-electron chi connectivity index (χ4n) is 4.25. The van der Waals surface area contributed by atoms with E-state index in [9.17, 15) is 4.79 Å². The molecule has 4 rings (SSSR count). The van der Waals surface area contributed by atoms with Gasteiger partial charge in [-0.2, -0.15) is 0 Å². The van der Waals surface area contributed by atoms with Crippen LogP contribution in [0.15, 0.2) is 41.1 Å². The van der Waals surface area contributed by atoms with E-state index in [1.54, 1.807) is 0 Å². The van der Waals surface area contributed by atoms with Crippen molar-refractivity contribution >= 4 is 18.3 Å². The molecule has 25 heavy (non-hydrogen) atoms. The molecule has 134 valence electrons. The van der Waals surface area contributed by atoms with Crippen LogP contribution in [0, 0.1) is 11.3 Å². The number of rotatable bonds is 4. The van der Waals surface area contributed by atoms with Crippen LogP contribution in [0.4, 0.5) is 0 Å². The van der Waals surface area contributed by atoms with E-state index in [4.69, 9.17) is 4.42 Å². The Balaban J connectivity index is 0.00000182. The smallest absolute Gasteiger partial charge is 0.228 e. The largest absolute Gasteiger partial charge is 0.443 e. The zero-order valence-electron chi connectivity index (χ0n) is 14.2. The molecule has 6 heteroatoms. The quantitative estimate of drug-likeness (QED) is 0.877. The molecule has 2 aromatic rings. The lowest BCUT2D eigenvalue weighted by molar-refractivity contribution is -0.134. The van der Waals surface area contributed by atoms with Crippen LogP contribution in [0.2, 0.25) is 0 Å². The topological polar surface area (TPSA) is 67.2 Å². The second-order valence-electron chi connectivity index (χ2n) is 6.91. The van der Waals surface area contributed by atoms with E-state index in [-0.39, 0.29) is 23.7 Å². The Kier molecular flexibility index (Phi) is 5.45. The Morgan fingerprint density at radius 3 is 3.00 bits per heavy atom. The summed E-state index contributed by atoms with van der Waals surface area (Å²) in [5.74, 6) is 1.37. The van der Waals surface area contributed by atoms with Gasteiger partial charge in [0.25, 0.3) is 0 Å². The van der Waals surface area contributed by atoms with Gasteiger partial charge in [0, 0.05) is 12.1 Å². The molecule has 1 saturated carbocycles. The summed E-state index contributed by atoms with van der Waals surface area (Å²) in [6.45, 7) is 2.18. The molecule has 1 aromatic carbocycles. The minimum Gasteiger partial charge on any atom is -0.443 e. The number of carbonyl (C=O) groups is 1. The Bertz CT molecular complexity index is 718. The number of hydrogen-bond donors (Lipinski definition) is 2. The molecule has 0 radical (unpaired) electrons. The SMILES string of the molecule is Cl.O=C(NCc1ncoc1-c1ccccc1)[C@@]12CCCC[C@H]1CNC2. The number of oxazole rings is 1. The van der Waals surface area contributed by atoms with Gasteiger partial charge in [0.05, 0.1) is 12.0 Å². The van der Waals surface area contributed by atoms with Gasteiger partial charge in [-0.3, -0.25) is 4.79 Å². The van der Waals surface area contributed by atoms with E-state index in [0.717, 1.165) is 49.4 Å². The highest BCUT2D eigenvalue weighted by Gasteiger charge is 2.49. The van der Waals surface area contributed by atoms with Crippen molar-refractivity contribution in [2.75, 3.05) is 13.1 Å². The Morgan fingerprint density at radius 2 is 2.16 bits per heavy atom. The lowest BCUT2D eigenvalue weighted by Crippen LogP contribution is -2.47. The first-order valence-electron chi connectivity index (χ1n) is 8.76. The summed E-state index contributed by atoms with van der Waals surface area (Å²) in [5, 5.41) is 6.55. The molecule has 5 nitrogen and oxygen atoms in total. The molecule has 2 fully saturated rings. The molecule has 1 saturated heterocycles. The van der Waals surface area contributed by atoms with Crippen molar-refractivity contribution in [3.8, 4) is 11.3 Å². The molecule has 0 spiro atoms. The average Bonchev–Trinajstić information content (AvgIpc) is 3.27. The fraction of sp³-hybridized carbons (Fsp3) is 0.474. The standard InChI is InChI=1S/C19H23N3O2.ClH/c23-18(19-9-5-4-8-15(19)10-20-12-19)21-11-16-17(24-13-22-16)14-6-2-1-3-7-14;/h1-3,6-7,13,15,20H,4-5,8-12H2,(H,21,23);1H/t15-,19+;/m0./s1. The number of nitrogens with one attached hydrogen (secondary N) is 2. The summed E-state index contributed by atoms with van der Waals surface area (Å²) in [6.07, 6.45) is 5.97. The Labute approximate surface area is 154 Å². The number of benzene rings is 1. The summed E-state index contributed by atoms with van der Waals surface area (Å²) in [7, 11) is 0. The zero-order valence-corrected chi connectivity index (χ0v) is 15.0. The number of fused-ring (bicyclic) bond motifs is 1. The molecule has 0 bridgehead atoms. The van der Waals surface area contributed by atoms with Gasteiger partial charge in [-0.15, -0.1) is 12.4 Å². The van der Waals surface area contributed by atoms with Crippen LogP contribution in [0.3, 0.4) is 0 Å². The minimum atomic E-state index is -0.227. The summed E-state index contributed by atoms with van der Waals surface area (Å²) in [5.41, 5.74) is 1.54. The van der Waals surface area contributed by atoms with Crippen LogP contribution in [0.5, 0.6) is 0 Å². The zero-order chi connectivity index (χ0) is 16.4. The summed E-state index contributed by atoms with van der Waals surface area (Å²) < 4.78 is 5.54. The Hall–Kier alpha value is -1.85. The molecular formula is C19H24ClN3O2. The first-order chi connectivity index (χ1) is 11.8. The molecule has 1 aliphatic carbocycles. The fourth-order valence-corrected chi connectivity index (χ4v) is 4.25. The van der Waals surface area contributed by atoms with Crippen LogP contribution >= 0.6 is 12.4 Å². The number of halogens is 1. The van der Waals surface area contributed by atoms with E-state index in [1.165, 1.54) is 12.8 Å². The number of nitrogens with zero attached hydrogens (tertiary/aromatic N) is 1. The maximum atomic E-state index is 12.9. The van der Waals surface area contributed by atoms with Gasteiger partial charge in [0.15, 0.2) is 12.2 Å². The monoisotopic (exact) mass is 361 g/mol. The lowest BCUT2D eigenvalue weighted by Gasteiger charge is -2.37. The van der Waals surface area contributed by atoms with E-state index < -0.39 is 0 Å². The Morgan fingerprint density at radius 1 is 1.32 bits per heavy atom. The van der Waals surface area contributed by atoms with Crippen LogP contribution in [-0.4, -0.2) is 24.0 Å². The molecule has 2 heterocycles. The molecule has 0 unspecified atom stereocenters. The number of aromatic nitrogens is 1.